The zero-order chi connectivity index (χ0) is 19.3. The van der Waals surface area contributed by atoms with E-state index in [4.69, 9.17) is 23.2 Å². The summed E-state index contributed by atoms with van der Waals surface area (Å²) in [6, 6.07) is 9.06. The molecule has 0 bridgehead atoms. The van der Waals surface area contributed by atoms with Gasteiger partial charge in [-0.1, -0.05) is 47.0 Å². The minimum atomic E-state index is -0.339. The topological polar surface area (TPSA) is 70.2 Å². The first-order valence-corrected chi connectivity index (χ1v) is 8.86. The van der Waals surface area contributed by atoms with Crippen molar-refractivity contribution in [3.8, 4) is 0 Å². The summed E-state index contributed by atoms with van der Waals surface area (Å²) in [5, 5.41) is 9.12. The highest BCUT2D eigenvalue weighted by Crippen LogP contribution is 2.29. The number of rotatable bonds is 6. The Balaban J connectivity index is 1.85. The van der Waals surface area contributed by atoms with Crippen molar-refractivity contribution in [2.24, 2.45) is 0 Å². The molecule has 0 heterocycles. The van der Waals surface area contributed by atoms with Crippen LogP contribution in [0.5, 0.6) is 0 Å². The Hall–Kier alpha value is -2.24. The quantitative estimate of drug-likeness (QED) is 0.691. The maximum Gasteiger partial charge on any atom is 0.243 e. The zero-order valence-corrected chi connectivity index (χ0v) is 16.4. The molecule has 0 fully saturated rings. The van der Waals surface area contributed by atoms with Gasteiger partial charge in [0.15, 0.2) is 0 Å². The van der Waals surface area contributed by atoms with Gasteiger partial charge in [0, 0.05) is 5.69 Å². The molecule has 2 amide bonds. The third-order valence-corrected chi connectivity index (χ3v) is 4.41. The first kappa shape index (κ1) is 20.1. The highest BCUT2D eigenvalue weighted by Gasteiger charge is 2.11. The largest absolute Gasteiger partial charge is 0.374 e. The molecule has 138 valence electrons. The maximum atomic E-state index is 12.1. The molecule has 2 rings (SSSR count). The van der Waals surface area contributed by atoms with Gasteiger partial charge < -0.3 is 16.0 Å². The van der Waals surface area contributed by atoms with Crippen LogP contribution in [0.1, 0.15) is 16.7 Å². The minimum absolute atomic E-state index is 0.0423. The van der Waals surface area contributed by atoms with E-state index in [-0.39, 0.29) is 24.9 Å². The van der Waals surface area contributed by atoms with Crippen LogP contribution in [0, 0.1) is 20.8 Å². The molecular formula is C19H21Cl2N3O2. The van der Waals surface area contributed by atoms with Crippen LogP contribution in [-0.4, -0.2) is 24.9 Å². The van der Waals surface area contributed by atoms with Crippen LogP contribution in [0.4, 0.5) is 11.4 Å². The van der Waals surface area contributed by atoms with E-state index in [2.05, 4.69) is 16.0 Å². The SMILES string of the molecule is Cc1cc(C)c(NC(=O)CNC(=O)CNc2c(Cl)cccc2Cl)c(C)c1. The molecule has 26 heavy (non-hydrogen) atoms. The Morgan fingerprint density at radius 2 is 1.46 bits per heavy atom. The molecule has 0 aliphatic heterocycles. The van der Waals surface area contributed by atoms with Gasteiger partial charge in [0.05, 0.1) is 28.8 Å². The van der Waals surface area contributed by atoms with Crippen LogP contribution in [0.2, 0.25) is 10.0 Å². The van der Waals surface area contributed by atoms with Crippen LogP contribution in [0.25, 0.3) is 0 Å². The van der Waals surface area contributed by atoms with Gasteiger partial charge in [-0.2, -0.15) is 0 Å². The molecule has 0 unspecified atom stereocenters. The monoisotopic (exact) mass is 393 g/mol. The van der Waals surface area contributed by atoms with Gasteiger partial charge in [-0.3, -0.25) is 9.59 Å². The predicted octanol–water partition coefficient (Wildman–Crippen LogP) is 4.09. The lowest BCUT2D eigenvalue weighted by Crippen LogP contribution is -2.36. The highest BCUT2D eigenvalue weighted by molar-refractivity contribution is 6.39. The van der Waals surface area contributed by atoms with Crippen molar-refractivity contribution in [3.05, 3.63) is 57.1 Å². The first-order chi connectivity index (χ1) is 12.3. The van der Waals surface area contributed by atoms with Gasteiger partial charge in [-0.05, 0) is 44.0 Å². The lowest BCUT2D eigenvalue weighted by atomic mass is 10.1. The Morgan fingerprint density at radius 1 is 0.885 bits per heavy atom. The van der Waals surface area contributed by atoms with Crippen molar-refractivity contribution in [1.29, 1.82) is 0 Å². The Bertz CT molecular complexity index is 794. The number of benzene rings is 2. The van der Waals surface area contributed by atoms with Crippen LogP contribution < -0.4 is 16.0 Å². The molecule has 0 atom stereocenters. The van der Waals surface area contributed by atoms with E-state index >= 15 is 0 Å². The fourth-order valence-corrected chi connectivity index (χ4v) is 3.17. The number of anilines is 2. The maximum absolute atomic E-state index is 12.1. The molecule has 7 heteroatoms. The van der Waals surface area contributed by atoms with E-state index in [1.807, 2.05) is 32.9 Å². The van der Waals surface area contributed by atoms with Crippen molar-refractivity contribution in [2.75, 3.05) is 23.7 Å². The van der Waals surface area contributed by atoms with Gasteiger partial charge in [-0.25, -0.2) is 0 Å². The summed E-state index contributed by atoms with van der Waals surface area (Å²) in [4.78, 5) is 24.0. The Morgan fingerprint density at radius 3 is 2.04 bits per heavy atom. The van der Waals surface area contributed by atoms with Crippen LogP contribution in [0.15, 0.2) is 30.3 Å². The number of hydrogen-bond donors (Lipinski definition) is 3. The number of para-hydroxylation sites is 1. The fourth-order valence-electron chi connectivity index (χ4n) is 2.64. The van der Waals surface area contributed by atoms with Crippen molar-refractivity contribution >= 4 is 46.4 Å². The number of carbonyl (C=O) groups is 2. The molecule has 0 aliphatic rings. The highest BCUT2D eigenvalue weighted by atomic mass is 35.5. The molecule has 0 saturated heterocycles. The minimum Gasteiger partial charge on any atom is -0.374 e. The molecule has 5 nitrogen and oxygen atoms in total. The number of amides is 2. The van der Waals surface area contributed by atoms with Crippen LogP contribution >= 0.6 is 23.2 Å². The molecule has 2 aromatic rings. The summed E-state index contributed by atoms with van der Waals surface area (Å²) >= 11 is 12.1. The third-order valence-electron chi connectivity index (χ3n) is 3.78. The zero-order valence-electron chi connectivity index (χ0n) is 14.9. The van der Waals surface area contributed by atoms with Crippen LogP contribution in [-0.2, 0) is 9.59 Å². The molecule has 3 N–H and O–H groups in total. The average molecular weight is 394 g/mol. The van der Waals surface area contributed by atoms with Crippen LogP contribution in [0.3, 0.4) is 0 Å². The van der Waals surface area contributed by atoms with E-state index in [0.29, 0.717) is 15.7 Å². The summed E-state index contributed by atoms with van der Waals surface area (Å²) < 4.78 is 0. The number of aryl methyl sites for hydroxylation is 3. The smallest absolute Gasteiger partial charge is 0.243 e. The first-order valence-electron chi connectivity index (χ1n) is 8.10. The molecule has 0 aliphatic carbocycles. The number of nitrogens with one attached hydrogen (secondary N) is 3. The number of hydrogen-bond acceptors (Lipinski definition) is 3. The van der Waals surface area contributed by atoms with Gasteiger partial charge in [0.1, 0.15) is 0 Å². The standard InChI is InChI=1S/C19H21Cl2N3O2/c1-11-7-12(2)18(13(3)8-11)24-17(26)10-22-16(25)9-23-19-14(20)5-4-6-15(19)21/h4-8,23H,9-10H2,1-3H3,(H,22,25)(H,24,26). The molecule has 0 saturated carbocycles. The normalized spacial score (nSPS) is 10.3. The summed E-state index contributed by atoms with van der Waals surface area (Å²) in [5.74, 6) is -0.627. The summed E-state index contributed by atoms with van der Waals surface area (Å²) in [6.07, 6.45) is 0. The summed E-state index contributed by atoms with van der Waals surface area (Å²) in [5.41, 5.74) is 4.36. The van der Waals surface area contributed by atoms with Gasteiger partial charge in [0.25, 0.3) is 0 Å². The van der Waals surface area contributed by atoms with E-state index in [1.165, 1.54) is 0 Å². The van der Waals surface area contributed by atoms with Crippen molar-refractivity contribution in [1.82, 2.24) is 5.32 Å². The van der Waals surface area contributed by atoms with Gasteiger partial charge in [-0.15, -0.1) is 0 Å². The van der Waals surface area contributed by atoms with Crippen molar-refractivity contribution in [3.63, 3.8) is 0 Å². The lowest BCUT2D eigenvalue weighted by molar-refractivity contribution is -0.122. The van der Waals surface area contributed by atoms with E-state index in [1.54, 1.807) is 18.2 Å². The summed E-state index contributed by atoms with van der Waals surface area (Å²) in [7, 11) is 0. The lowest BCUT2D eigenvalue weighted by Gasteiger charge is -2.14. The Kier molecular flexibility index (Phi) is 6.89. The average Bonchev–Trinajstić information content (AvgIpc) is 2.55. The second-order valence-corrected chi connectivity index (χ2v) is 6.86. The second kappa shape index (κ2) is 8.92. The van der Waals surface area contributed by atoms with Gasteiger partial charge >= 0.3 is 0 Å². The molecule has 0 spiro atoms. The van der Waals surface area contributed by atoms with E-state index in [0.717, 1.165) is 22.4 Å². The summed E-state index contributed by atoms with van der Waals surface area (Å²) in [6.45, 7) is 5.71. The molecular weight excluding hydrogens is 373 g/mol. The third kappa shape index (κ3) is 5.38. The fraction of sp³-hybridized carbons (Fsp3) is 0.263. The second-order valence-electron chi connectivity index (χ2n) is 6.05. The Labute approximate surface area is 163 Å². The van der Waals surface area contributed by atoms with E-state index in [9.17, 15) is 9.59 Å². The van der Waals surface area contributed by atoms with Crippen molar-refractivity contribution in [2.45, 2.75) is 20.8 Å². The van der Waals surface area contributed by atoms with E-state index < -0.39 is 0 Å². The van der Waals surface area contributed by atoms with Crippen molar-refractivity contribution < 1.29 is 9.59 Å². The molecule has 2 aromatic carbocycles. The van der Waals surface area contributed by atoms with Gasteiger partial charge in [0.2, 0.25) is 11.8 Å². The number of halogens is 2. The number of carbonyl (C=O) groups excluding carboxylic acids is 2. The molecule has 0 radical (unpaired) electrons. The predicted molar refractivity (Wildman–Crippen MR) is 107 cm³/mol. The molecule has 0 aromatic heterocycles.